The average molecular weight is 230 g/mol. The summed E-state index contributed by atoms with van der Waals surface area (Å²) in [4.78, 5) is 0. The maximum absolute atomic E-state index is 3.88. The summed E-state index contributed by atoms with van der Waals surface area (Å²) >= 11 is 0. The molecule has 0 aromatic heterocycles. The molecule has 0 unspecified atom stereocenters. The number of rotatable bonds is 2. The fourth-order valence-corrected chi connectivity index (χ4v) is 2.37. The minimum absolute atomic E-state index is 1.19. The fraction of sp³-hybridized carbons (Fsp3) is 0. The summed E-state index contributed by atoms with van der Waals surface area (Å²) in [6, 6.07) is 23.3. The Morgan fingerprint density at radius 3 is 2.06 bits per heavy atom. The molecule has 0 radical (unpaired) electrons. The first kappa shape index (κ1) is 10.8. The molecule has 0 amide bonds. The Morgan fingerprint density at radius 2 is 1.33 bits per heavy atom. The molecule has 0 heteroatoms. The van der Waals surface area contributed by atoms with Crippen LogP contribution in [0, 0.1) is 0 Å². The highest BCUT2D eigenvalue weighted by molar-refractivity contribution is 6.00. The molecule has 0 aliphatic heterocycles. The van der Waals surface area contributed by atoms with Gasteiger partial charge in [-0.2, -0.15) is 0 Å². The van der Waals surface area contributed by atoms with Crippen LogP contribution in [0.2, 0.25) is 0 Å². The highest BCUT2D eigenvalue weighted by atomic mass is 14.1. The fourth-order valence-electron chi connectivity index (χ4n) is 2.37. The molecule has 0 atom stereocenters. The average Bonchev–Trinajstić information content (AvgIpc) is 2.47. The van der Waals surface area contributed by atoms with Crippen LogP contribution < -0.4 is 0 Å². The van der Waals surface area contributed by atoms with Gasteiger partial charge in [-0.25, -0.2) is 0 Å². The standard InChI is InChI=1S/C18H14/c1-2-14-12-13-17(15-8-4-3-5-9-15)18-11-7-6-10-16(14)18/h2-13H,1H2. The van der Waals surface area contributed by atoms with Crippen LogP contribution in [0.15, 0.2) is 73.3 Å². The van der Waals surface area contributed by atoms with E-state index >= 15 is 0 Å². The van der Waals surface area contributed by atoms with E-state index in [1.54, 1.807) is 0 Å². The normalized spacial score (nSPS) is 10.4. The van der Waals surface area contributed by atoms with Crippen LogP contribution in [0.5, 0.6) is 0 Å². The molecule has 86 valence electrons. The molecule has 0 bridgehead atoms. The number of benzene rings is 3. The van der Waals surface area contributed by atoms with Gasteiger partial charge in [0.15, 0.2) is 0 Å². The van der Waals surface area contributed by atoms with Crippen molar-refractivity contribution >= 4 is 16.8 Å². The van der Waals surface area contributed by atoms with Crippen LogP contribution >= 0.6 is 0 Å². The second-order valence-corrected chi connectivity index (χ2v) is 4.32. The van der Waals surface area contributed by atoms with Gasteiger partial charge < -0.3 is 0 Å². The van der Waals surface area contributed by atoms with Crippen molar-refractivity contribution in [2.24, 2.45) is 0 Å². The molecular weight excluding hydrogens is 216 g/mol. The number of fused-ring (bicyclic) bond motifs is 1. The van der Waals surface area contributed by atoms with Gasteiger partial charge in [-0.15, -0.1) is 0 Å². The molecule has 0 aliphatic carbocycles. The van der Waals surface area contributed by atoms with Crippen LogP contribution in [0.1, 0.15) is 5.56 Å². The largest absolute Gasteiger partial charge is 0.0984 e. The van der Waals surface area contributed by atoms with Crippen molar-refractivity contribution in [2.45, 2.75) is 0 Å². The Labute approximate surface area is 107 Å². The number of hydrogen-bond donors (Lipinski definition) is 0. The first-order valence-electron chi connectivity index (χ1n) is 6.10. The van der Waals surface area contributed by atoms with Gasteiger partial charge in [-0.1, -0.05) is 79.4 Å². The van der Waals surface area contributed by atoms with Crippen molar-refractivity contribution in [3.63, 3.8) is 0 Å². The van der Waals surface area contributed by atoms with Crippen molar-refractivity contribution in [3.05, 3.63) is 78.9 Å². The van der Waals surface area contributed by atoms with Crippen LogP contribution in [-0.2, 0) is 0 Å². The van der Waals surface area contributed by atoms with Gasteiger partial charge >= 0.3 is 0 Å². The predicted molar refractivity (Wildman–Crippen MR) is 79.5 cm³/mol. The molecule has 3 aromatic carbocycles. The maximum atomic E-state index is 3.88. The summed E-state index contributed by atoms with van der Waals surface area (Å²) < 4.78 is 0. The third-order valence-corrected chi connectivity index (χ3v) is 3.26. The molecule has 18 heavy (non-hydrogen) atoms. The molecule has 0 nitrogen and oxygen atoms in total. The van der Waals surface area contributed by atoms with Crippen LogP contribution in [0.25, 0.3) is 28.0 Å². The van der Waals surface area contributed by atoms with Crippen molar-refractivity contribution in [3.8, 4) is 11.1 Å². The lowest BCUT2D eigenvalue weighted by Gasteiger charge is -2.09. The Kier molecular flexibility index (Phi) is 2.70. The third-order valence-electron chi connectivity index (χ3n) is 3.26. The van der Waals surface area contributed by atoms with Gasteiger partial charge in [-0.05, 0) is 27.5 Å². The molecule has 0 fully saturated rings. The first-order chi connectivity index (χ1) is 8.90. The molecule has 3 aromatic rings. The highest BCUT2D eigenvalue weighted by Crippen LogP contribution is 2.30. The van der Waals surface area contributed by atoms with E-state index in [9.17, 15) is 0 Å². The topological polar surface area (TPSA) is 0 Å². The summed E-state index contributed by atoms with van der Waals surface area (Å²) in [6.45, 7) is 3.88. The smallest absolute Gasteiger partial charge is 0.00994 e. The van der Waals surface area contributed by atoms with Crippen molar-refractivity contribution in [1.82, 2.24) is 0 Å². The minimum Gasteiger partial charge on any atom is -0.0984 e. The lowest BCUT2D eigenvalue weighted by atomic mass is 9.95. The van der Waals surface area contributed by atoms with Crippen LogP contribution in [0.4, 0.5) is 0 Å². The molecule has 3 rings (SSSR count). The predicted octanol–water partition coefficient (Wildman–Crippen LogP) is 5.15. The molecule has 0 saturated carbocycles. The van der Waals surface area contributed by atoms with Crippen molar-refractivity contribution in [2.75, 3.05) is 0 Å². The third kappa shape index (κ3) is 1.72. The van der Waals surface area contributed by atoms with E-state index in [-0.39, 0.29) is 0 Å². The maximum Gasteiger partial charge on any atom is -0.00994 e. The van der Waals surface area contributed by atoms with Crippen LogP contribution in [0.3, 0.4) is 0 Å². The van der Waals surface area contributed by atoms with E-state index in [0.29, 0.717) is 0 Å². The second-order valence-electron chi connectivity index (χ2n) is 4.32. The Balaban J connectivity index is 2.35. The Bertz CT molecular complexity index is 694. The first-order valence-corrected chi connectivity index (χ1v) is 6.10. The second kappa shape index (κ2) is 4.50. The zero-order chi connectivity index (χ0) is 12.4. The van der Waals surface area contributed by atoms with E-state index in [4.69, 9.17) is 0 Å². The molecule has 0 N–H and O–H groups in total. The Hall–Kier alpha value is -2.34. The molecule has 0 spiro atoms. The SMILES string of the molecule is C=Cc1ccc(-c2ccccc2)c2ccccc12. The monoisotopic (exact) mass is 230 g/mol. The molecule has 0 heterocycles. The van der Waals surface area contributed by atoms with E-state index in [0.717, 1.165) is 0 Å². The summed E-state index contributed by atoms with van der Waals surface area (Å²) in [6.07, 6.45) is 1.91. The summed E-state index contributed by atoms with van der Waals surface area (Å²) in [5, 5.41) is 2.54. The van der Waals surface area contributed by atoms with E-state index in [2.05, 4.69) is 67.2 Å². The number of hydrogen-bond acceptors (Lipinski definition) is 0. The Morgan fingerprint density at radius 1 is 0.667 bits per heavy atom. The molecule has 0 saturated heterocycles. The minimum atomic E-state index is 1.19. The summed E-state index contributed by atoms with van der Waals surface area (Å²) in [5.41, 5.74) is 3.71. The van der Waals surface area contributed by atoms with Gasteiger partial charge in [-0.3, -0.25) is 0 Å². The molecular formula is C18H14. The lowest BCUT2D eigenvalue weighted by molar-refractivity contribution is 1.64. The van der Waals surface area contributed by atoms with Gasteiger partial charge in [0.2, 0.25) is 0 Å². The van der Waals surface area contributed by atoms with Gasteiger partial charge in [0, 0.05) is 0 Å². The van der Waals surface area contributed by atoms with E-state index < -0.39 is 0 Å². The quantitative estimate of drug-likeness (QED) is 0.571. The van der Waals surface area contributed by atoms with Crippen LogP contribution in [-0.4, -0.2) is 0 Å². The van der Waals surface area contributed by atoms with Crippen molar-refractivity contribution < 1.29 is 0 Å². The van der Waals surface area contributed by atoms with Crippen molar-refractivity contribution in [1.29, 1.82) is 0 Å². The summed E-state index contributed by atoms with van der Waals surface area (Å²) in [5.74, 6) is 0. The zero-order valence-corrected chi connectivity index (χ0v) is 10.1. The lowest BCUT2D eigenvalue weighted by Crippen LogP contribution is -1.83. The van der Waals surface area contributed by atoms with E-state index in [1.165, 1.54) is 27.5 Å². The van der Waals surface area contributed by atoms with Gasteiger partial charge in [0.05, 0.1) is 0 Å². The van der Waals surface area contributed by atoms with Gasteiger partial charge in [0.25, 0.3) is 0 Å². The van der Waals surface area contributed by atoms with Gasteiger partial charge in [0.1, 0.15) is 0 Å². The summed E-state index contributed by atoms with van der Waals surface area (Å²) in [7, 11) is 0. The molecule has 0 aliphatic rings. The zero-order valence-electron chi connectivity index (χ0n) is 10.1. The van der Waals surface area contributed by atoms with E-state index in [1.807, 2.05) is 12.1 Å². The highest BCUT2D eigenvalue weighted by Gasteiger charge is 2.05.